The Morgan fingerprint density at radius 3 is 2.93 bits per heavy atom. The van der Waals surface area contributed by atoms with Gasteiger partial charge in [0.05, 0.1) is 19.2 Å². The lowest BCUT2D eigenvalue weighted by atomic mass is 9.99. The number of nitrogen functional groups attached to an aromatic ring is 1. The summed E-state index contributed by atoms with van der Waals surface area (Å²) in [6.07, 6.45) is 1.87. The monoisotopic (exact) mass is 397 g/mol. The number of ether oxygens (including phenoxy) is 1. The molecule has 2 N–H and O–H groups in total. The minimum Gasteiger partial charge on any atom is -0.462 e. The summed E-state index contributed by atoms with van der Waals surface area (Å²) in [5, 5.41) is 4.10. The maximum atomic E-state index is 13.9. The molecule has 3 heterocycles. The molecular formula is C20H20FN5O3. The Morgan fingerprint density at radius 1 is 1.38 bits per heavy atom. The summed E-state index contributed by atoms with van der Waals surface area (Å²) in [6.45, 7) is 3.91. The molecule has 0 saturated carbocycles. The quantitative estimate of drug-likeness (QED) is 0.675. The molecule has 150 valence electrons. The number of ketones is 1. The number of esters is 1. The molecule has 1 saturated heterocycles. The minimum atomic E-state index is -0.611. The van der Waals surface area contributed by atoms with Crippen LogP contribution in [-0.2, 0) is 9.53 Å². The number of hydrogen-bond donors (Lipinski definition) is 1. The SMILES string of the molecule is CCOC(=O)c1c(N)nn2ccc(N3CC(=O)CC3c3cc(F)ccc3C)nc12. The number of aromatic nitrogens is 3. The summed E-state index contributed by atoms with van der Waals surface area (Å²) in [5.41, 5.74) is 7.83. The second-order valence-corrected chi connectivity index (χ2v) is 6.92. The molecule has 1 fully saturated rings. The molecule has 0 aliphatic carbocycles. The number of nitrogens with two attached hydrogens (primary N) is 1. The van der Waals surface area contributed by atoms with Crippen molar-refractivity contribution in [3.63, 3.8) is 0 Å². The van der Waals surface area contributed by atoms with Gasteiger partial charge in [-0.1, -0.05) is 6.07 Å². The highest BCUT2D eigenvalue weighted by Crippen LogP contribution is 2.36. The van der Waals surface area contributed by atoms with Gasteiger partial charge >= 0.3 is 5.97 Å². The maximum absolute atomic E-state index is 13.9. The Bertz CT molecular complexity index is 1130. The van der Waals surface area contributed by atoms with Crippen molar-refractivity contribution in [3.8, 4) is 0 Å². The predicted octanol–water partition coefficient (Wildman–Crippen LogP) is 2.46. The van der Waals surface area contributed by atoms with Crippen molar-refractivity contribution in [3.05, 3.63) is 53.0 Å². The average molecular weight is 397 g/mol. The van der Waals surface area contributed by atoms with E-state index in [4.69, 9.17) is 10.5 Å². The van der Waals surface area contributed by atoms with Crippen LogP contribution in [0.2, 0.25) is 0 Å². The van der Waals surface area contributed by atoms with Crippen molar-refractivity contribution in [2.75, 3.05) is 23.8 Å². The zero-order valence-electron chi connectivity index (χ0n) is 16.1. The van der Waals surface area contributed by atoms with E-state index in [0.717, 1.165) is 11.1 Å². The van der Waals surface area contributed by atoms with Crippen molar-refractivity contribution >= 4 is 29.0 Å². The van der Waals surface area contributed by atoms with E-state index in [1.165, 1.54) is 16.6 Å². The van der Waals surface area contributed by atoms with Gasteiger partial charge < -0.3 is 15.4 Å². The Balaban J connectivity index is 1.80. The molecule has 1 unspecified atom stereocenters. The molecular weight excluding hydrogens is 377 g/mol. The van der Waals surface area contributed by atoms with E-state index in [1.54, 1.807) is 25.3 Å². The van der Waals surface area contributed by atoms with Crippen LogP contribution in [0.3, 0.4) is 0 Å². The molecule has 2 aromatic heterocycles. The van der Waals surface area contributed by atoms with Gasteiger partial charge in [0, 0.05) is 12.6 Å². The van der Waals surface area contributed by atoms with E-state index in [1.807, 2.05) is 11.8 Å². The summed E-state index contributed by atoms with van der Waals surface area (Å²) in [7, 11) is 0. The first-order valence-corrected chi connectivity index (χ1v) is 9.25. The van der Waals surface area contributed by atoms with E-state index in [0.29, 0.717) is 5.82 Å². The van der Waals surface area contributed by atoms with E-state index in [2.05, 4.69) is 10.1 Å². The number of fused-ring (bicyclic) bond motifs is 1. The highest BCUT2D eigenvalue weighted by Gasteiger charge is 2.34. The molecule has 29 heavy (non-hydrogen) atoms. The van der Waals surface area contributed by atoms with Crippen LogP contribution in [0.15, 0.2) is 30.5 Å². The smallest absolute Gasteiger partial charge is 0.345 e. The first kappa shape index (κ1) is 18.9. The zero-order chi connectivity index (χ0) is 20.7. The molecule has 4 rings (SSSR count). The van der Waals surface area contributed by atoms with Crippen molar-refractivity contribution in [2.24, 2.45) is 0 Å². The number of rotatable bonds is 4. The van der Waals surface area contributed by atoms with Gasteiger partial charge in [-0.15, -0.1) is 5.10 Å². The zero-order valence-corrected chi connectivity index (χ0v) is 16.1. The molecule has 1 aliphatic heterocycles. The summed E-state index contributed by atoms with van der Waals surface area (Å²) in [6, 6.07) is 5.88. The third-order valence-electron chi connectivity index (χ3n) is 5.02. The van der Waals surface area contributed by atoms with Crippen LogP contribution >= 0.6 is 0 Å². The van der Waals surface area contributed by atoms with E-state index in [-0.39, 0.29) is 54.2 Å². The first-order chi connectivity index (χ1) is 13.9. The number of nitrogens with zero attached hydrogens (tertiary/aromatic N) is 4. The van der Waals surface area contributed by atoms with Crippen LogP contribution < -0.4 is 10.6 Å². The van der Waals surface area contributed by atoms with Crippen LogP contribution in [0.25, 0.3) is 5.65 Å². The summed E-state index contributed by atoms with van der Waals surface area (Å²) in [5.74, 6) is -0.453. The minimum absolute atomic E-state index is 0.0168. The van der Waals surface area contributed by atoms with Crippen molar-refractivity contribution in [1.29, 1.82) is 0 Å². The van der Waals surface area contributed by atoms with Gasteiger partial charge in [0.25, 0.3) is 0 Å². The topological polar surface area (TPSA) is 103 Å². The Kier molecular flexibility index (Phi) is 4.65. The van der Waals surface area contributed by atoms with Gasteiger partial charge in [-0.05, 0) is 43.2 Å². The van der Waals surface area contributed by atoms with Gasteiger partial charge in [-0.25, -0.2) is 18.7 Å². The molecule has 1 aliphatic rings. The van der Waals surface area contributed by atoms with E-state index in [9.17, 15) is 14.0 Å². The number of benzene rings is 1. The fourth-order valence-corrected chi connectivity index (χ4v) is 3.68. The lowest BCUT2D eigenvalue weighted by Gasteiger charge is -2.26. The Hall–Kier alpha value is -3.49. The third-order valence-corrected chi connectivity index (χ3v) is 5.02. The fraction of sp³-hybridized carbons (Fsp3) is 0.300. The number of carbonyl (C=O) groups is 2. The normalized spacial score (nSPS) is 16.6. The van der Waals surface area contributed by atoms with Gasteiger partial charge in [-0.2, -0.15) is 0 Å². The first-order valence-electron chi connectivity index (χ1n) is 9.25. The molecule has 8 nitrogen and oxygen atoms in total. The van der Waals surface area contributed by atoms with Gasteiger partial charge in [-0.3, -0.25) is 4.79 Å². The Morgan fingerprint density at radius 2 is 2.17 bits per heavy atom. The highest BCUT2D eigenvalue weighted by molar-refractivity contribution is 6.01. The molecule has 0 spiro atoms. The van der Waals surface area contributed by atoms with Crippen molar-refractivity contribution < 1.29 is 18.7 Å². The number of Topliss-reactive ketones (excluding diaryl/α,β-unsaturated/α-hetero) is 1. The number of hydrogen-bond acceptors (Lipinski definition) is 7. The van der Waals surface area contributed by atoms with Crippen molar-refractivity contribution in [2.45, 2.75) is 26.3 Å². The molecule has 0 radical (unpaired) electrons. The van der Waals surface area contributed by atoms with E-state index >= 15 is 0 Å². The second-order valence-electron chi connectivity index (χ2n) is 6.92. The summed E-state index contributed by atoms with van der Waals surface area (Å²) in [4.78, 5) is 30.9. The molecule has 3 aromatic rings. The average Bonchev–Trinajstić information content (AvgIpc) is 3.22. The largest absolute Gasteiger partial charge is 0.462 e. The lowest BCUT2D eigenvalue weighted by Crippen LogP contribution is -2.25. The molecule has 1 atom stereocenters. The highest BCUT2D eigenvalue weighted by atomic mass is 19.1. The van der Waals surface area contributed by atoms with Crippen LogP contribution in [0.5, 0.6) is 0 Å². The molecule has 9 heteroatoms. The summed E-state index contributed by atoms with van der Waals surface area (Å²) < 4.78 is 20.3. The standard InChI is InChI=1S/C20H20FN5O3/c1-3-29-20(28)17-18(22)24-26-7-6-16(23-19(17)26)25-10-13(27)9-15(25)14-8-12(21)5-4-11(14)2/h4-8,15H,3,9-10H2,1-2H3,(H2,22,24). The maximum Gasteiger partial charge on any atom is 0.345 e. The number of anilines is 2. The molecule has 1 aromatic carbocycles. The molecule has 0 bridgehead atoms. The predicted molar refractivity (Wildman–Crippen MR) is 104 cm³/mol. The third kappa shape index (κ3) is 3.28. The van der Waals surface area contributed by atoms with Gasteiger partial charge in [0.15, 0.2) is 17.2 Å². The van der Waals surface area contributed by atoms with Crippen LogP contribution in [0.4, 0.5) is 16.0 Å². The van der Waals surface area contributed by atoms with Crippen LogP contribution in [0, 0.1) is 12.7 Å². The molecule has 0 amide bonds. The van der Waals surface area contributed by atoms with Crippen molar-refractivity contribution in [1.82, 2.24) is 14.6 Å². The van der Waals surface area contributed by atoms with Crippen LogP contribution in [-0.4, -0.2) is 39.5 Å². The van der Waals surface area contributed by atoms with Crippen LogP contribution in [0.1, 0.15) is 40.9 Å². The lowest BCUT2D eigenvalue weighted by molar-refractivity contribution is -0.116. The number of aryl methyl sites for hydroxylation is 1. The second kappa shape index (κ2) is 7.16. The number of carbonyl (C=O) groups excluding carboxylic acids is 2. The summed E-state index contributed by atoms with van der Waals surface area (Å²) >= 11 is 0. The van der Waals surface area contributed by atoms with E-state index < -0.39 is 5.97 Å². The van der Waals surface area contributed by atoms with Gasteiger partial charge in [0.1, 0.15) is 17.2 Å². The number of halogens is 1. The fourth-order valence-electron chi connectivity index (χ4n) is 3.68. The Labute approximate surface area is 166 Å². The van der Waals surface area contributed by atoms with Gasteiger partial charge in [0.2, 0.25) is 0 Å².